The lowest BCUT2D eigenvalue weighted by Crippen LogP contribution is -2.25. The summed E-state index contributed by atoms with van der Waals surface area (Å²) < 4.78 is 3.46. The molecule has 0 bridgehead atoms. The quantitative estimate of drug-likeness (QED) is 0.704. The lowest BCUT2D eigenvalue weighted by atomic mass is 10.0. The summed E-state index contributed by atoms with van der Waals surface area (Å²) in [5.41, 5.74) is 5.26. The Hall–Kier alpha value is -2.59. The second-order valence-electron chi connectivity index (χ2n) is 6.25. The minimum absolute atomic E-state index is 0.0487. The fourth-order valence-corrected chi connectivity index (χ4v) is 2.90. The van der Waals surface area contributed by atoms with Crippen LogP contribution in [0.4, 0.5) is 0 Å². The van der Waals surface area contributed by atoms with E-state index in [1.807, 2.05) is 19.3 Å². The molecule has 1 aromatic heterocycles. The van der Waals surface area contributed by atoms with Gasteiger partial charge < -0.3 is 9.13 Å². The van der Waals surface area contributed by atoms with Crippen LogP contribution in [0, 0.1) is 19.3 Å². The molecule has 25 heavy (non-hydrogen) atoms. The first-order chi connectivity index (χ1) is 11.9. The second-order valence-corrected chi connectivity index (χ2v) is 6.69. The predicted molar refractivity (Wildman–Crippen MR) is 100.0 cm³/mol. The van der Waals surface area contributed by atoms with Gasteiger partial charge in [-0.25, -0.2) is 0 Å². The van der Waals surface area contributed by atoms with Gasteiger partial charge in [-0.2, -0.15) is 0 Å². The molecule has 0 amide bonds. The average Bonchev–Trinajstić information content (AvgIpc) is 2.86. The van der Waals surface area contributed by atoms with Gasteiger partial charge in [-0.3, -0.25) is 10.2 Å². The molecule has 0 saturated carbocycles. The highest BCUT2D eigenvalue weighted by Gasteiger charge is 2.12. The Morgan fingerprint density at radius 1 is 1.08 bits per heavy atom. The molecule has 0 aliphatic heterocycles. The molecule has 4 nitrogen and oxygen atoms in total. The average molecular weight is 354 g/mol. The maximum absolute atomic E-state index is 12.5. The van der Waals surface area contributed by atoms with Crippen molar-refractivity contribution in [3.63, 3.8) is 0 Å². The van der Waals surface area contributed by atoms with E-state index in [1.165, 1.54) is 11.1 Å². The molecule has 5 heteroatoms. The van der Waals surface area contributed by atoms with E-state index in [1.54, 1.807) is 33.4 Å². The van der Waals surface area contributed by atoms with Crippen molar-refractivity contribution in [3.05, 3.63) is 76.0 Å². The number of carbonyl (C=O) groups is 1. The highest BCUT2D eigenvalue weighted by molar-refractivity contribution is 6.30. The molecule has 3 rings (SSSR count). The number of nitrogens with zero attached hydrogens (tertiary/aromatic N) is 2. The SMILES string of the molecule is Cc1ccc(-c2cn(CC(=O)c3ccc(Cl)cc3)c(=N)n2C)cc1C. The van der Waals surface area contributed by atoms with Crippen molar-refractivity contribution >= 4 is 17.4 Å². The Labute approximate surface area is 151 Å². The predicted octanol–water partition coefficient (Wildman–Crippen LogP) is 4.13. The van der Waals surface area contributed by atoms with E-state index in [-0.39, 0.29) is 17.9 Å². The van der Waals surface area contributed by atoms with Crippen molar-refractivity contribution in [1.82, 2.24) is 9.13 Å². The molecule has 0 atom stereocenters. The van der Waals surface area contributed by atoms with Gasteiger partial charge in [0.2, 0.25) is 5.62 Å². The molecular weight excluding hydrogens is 334 g/mol. The Bertz CT molecular complexity index is 997. The van der Waals surface area contributed by atoms with E-state index in [2.05, 4.69) is 26.0 Å². The van der Waals surface area contributed by atoms with E-state index < -0.39 is 0 Å². The van der Waals surface area contributed by atoms with Crippen molar-refractivity contribution in [2.45, 2.75) is 20.4 Å². The van der Waals surface area contributed by atoms with E-state index in [0.29, 0.717) is 10.6 Å². The molecule has 0 spiro atoms. The number of halogens is 1. The molecular formula is C20H20ClN3O. The maximum Gasteiger partial charge on any atom is 0.202 e. The van der Waals surface area contributed by atoms with Gasteiger partial charge >= 0.3 is 0 Å². The van der Waals surface area contributed by atoms with Crippen LogP contribution in [-0.4, -0.2) is 14.9 Å². The lowest BCUT2D eigenvalue weighted by Gasteiger charge is -2.05. The van der Waals surface area contributed by atoms with Crippen molar-refractivity contribution in [2.75, 3.05) is 0 Å². The zero-order valence-corrected chi connectivity index (χ0v) is 15.3. The van der Waals surface area contributed by atoms with Crippen LogP contribution >= 0.6 is 11.6 Å². The van der Waals surface area contributed by atoms with Crippen LogP contribution in [0.5, 0.6) is 0 Å². The Balaban J connectivity index is 1.93. The summed E-state index contributed by atoms with van der Waals surface area (Å²) in [7, 11) is 1.84. The summed E-state index contributed by atoms with van der Waals surface area (Å²) >= 11 is 5.87. The summed E-state index contributed by atoms with van der Waals surface area (Å²) in [6.07, 6.45) is 1.86. The van der Waals surface area contributed by atoms with E-state index >= 15 is 0 Å². The first kappa shape index (κ1) is 17.2. The summed E-state index contributed by atoms with van der Waals surface area (Å²) in [5.74, 6) is -0.0487. The number of carbonyl (C=O) groups excluding carboxylic acids is 1. The molecule has 1 N–H and O–H groups in total. The van der Waals surface area contributed by atoms with Crippen LogP contribution in [0.15, 0.2) is 48.7 Å². The number of Topliss-reactive ketones (excluding diaryl/α,β-unsaturated/α-hetero) is 1. The lowest BCUT2D eigenvalue weighted by molar-refractivity contribution is 0.0970. The van der Waals surface area contributed by atoms with E-state index in [0.717, 1.165) is 11.3 Å². The normalized spacial score (nSPS) is 10.9. The molecule has 2 aromatic carbocycles. The van der Waals surface area contributed by atoms with Gasteiger partial charge in [-0.15, -0.1) is 0 Å². The largest absolute Gasteiger partial charge is 0.314 e. The van der Waals surface area contributed by atoms with Crippen LogP contribution < -0.4 is 5.62 Å². The molecule has 0 saturated heterocycles. The molecule has 0 radical (unpaired) electrons. The number of aromatic nitrogens is 2. The zero-order valence-electron chi connectivity index (χ0n) is 14.5. The van der Waals surface area contributed by atoms with Gasteiger partial charge in [0.1, 0.15) is 0 Å². The molecule has 0 fully saturated rings. The van der Waals surface area contributed by atoms with Crippen molar-refractivity contribution in [2.24, 2.45) is 7.05 Å². The van der Waals surface area contributed by atoms with Gasteiger partial charge in [-0.05, 0) is 60.9 Å². The van der Waals surface area contributed by atoms with Gasteiger partial charge in [-0.1, -0.05) is 23.7 Å². The highest BCUT2D eigenvalue weighted by atomic mass is 35.5. The zero-order chi connectivity index (χ0) is 18.1. The molecule has 1 heterocycles. The van der Waals surface area contributed by atoms with Gasteiger partial charge in [0.15, 0.2) is 5.78 Å². The molecule has 0 aliphatic carbocycles. The van der Waals surface area contributed by atoms with Gasteiger partial charge in [0.05, 0.1) is 12.2 Å². The number of rotatable bonds is 4. The Kier molecular flexibility index (Phi) is 4.64. The molecule has 3 aromatic rings. The number of benzene rings is 2. The maximum atomic E-state index is 12.5. The summed E-state index contributed by atoms with van der Waals surface area (Å²) in [6, 6.07) is 13.0. The smallest absolute Gasteiger partial charge is 0.202 e. The molecule has 0 unspecified atom stereocenters. The van der Waals surface area contributed by atoms with Crippen molar-refractivity contribution in [3.8, 4) is 11.3 Å². The molecule has 0 aliphatic rings. The van der Waals surface area contributed by atoms with Gasteiger partial charge in [0.25, 0.3) is 0 Å². The number of nitrogens with one attached hydrogen (secondary N) is 1. The van der Waals surface area contributed by atoms with E-state index in [4.69, 9.17) is 17.0 Å². The Morgan fingerprint density at radius 2 is 1.76 bits per heavy atom. The van der Waals surface area contributed by atoms with Crippen LogP contribution in [0.2, 0.25) is 5.02 Å². The second kappa shape index (κ2) is 6.73. The Morgan fingerprint density at radius 3 is 2.40 bits per heavy atom. The minimum atomic E-state index is -0.0487. The van der Waals surface area contributed by atoms with Crippen LogP contribution in [0.3, 0.4) is 0 Å². The summed E-state index contributed by atoms with van der Waals surface area (Å²) in [6.45, 7) is 4.27. The molecule has 128 valence electrons. The fourth-order valence-electron chi connectivity index (χ4n) is 2.77. The van der Waals surface area contributed by atoms with Crippen LogP contribution in [0.1, 0.15) is 21.5 Å². The fraction of sp³-hybridized carbons (Fsp3) is 0.200. The van der Waals surface area contributed by atoms with Crippen LogP contribution in [-0.2, 0) is 13.6 Å². The monoisotopic (exact) mass is 353 g/mol. The summed E-state index contributed by atoms with van der Waals surface area (Å²) in [5, 5.41) is 8.90. The topological polar surface area (TPSA) is 50.8 Å². The first-order valence-electron chi connectivity index (χ1n) is 8.04. The van der Waals surface area contributed by atoms with Crippen molar-refractivity contribution < 1.29 is 4.79 Å². The van der Waals surface area contributed by atoms with E-state index in [9.17, 15) is 4.79 Å². The third kappa shape index (κ3) is 3.44. The number of hydrogen-bond acceptors (Lipinski definition) is 2. The van der Waals surface area contributed by atoms with Gasteiger partial charge in [0, 0.05) is 23.8 Å². The van der Waals surface area contributed by atoms with Crippen molar-refractivity contribution in [1.29, 1.82) is 5.41 Å². The first-order valence-corrected chi connectivity index (χ1v) is 8.42. The third-order valence-electron chi connectivity index (χ3n) is 4.51. The van der Waals surface area contributed by atoms with Crippen LogP contribution in [0.25, 0.3) is 11.3 Å². The highest BCUT2D eigenvalue weighted by Crippen LogP contribution is 2.21. The number of ketones is 1. The standard InChI is InChI=1S/C20H20ClN3O/c1-13-4-5-16(10-14(13)2)18-11-24(20(22)23(18)3)12-19(25)15-6-8-17(21)9-7-15/h4-11,22H,12H2,1-3H3. The minimum Gasteiger partial charge on any atom is -0.314 e. The number of hydrogen-bond donors (Lipinski definition) is 1. The summed E-state index contributed by atoms with van der Waals surface area (Å²) in [4.78, 5) is 12.5. The third-order valence-corrected chi connectivity index (χ3v) is 4.76. The number of imidazole rings is 1. The number of aryl methyl sites for hydroxylation is 2.